The summed E-state index contributed by atoms with van der Waals surface area (Å²) in [4.78, 5) is 0. The summed E-state index contributed by atoms with van der Waals surface area (Å²) < 4.78 is 31.7. The Balaban J connectivity index is 1.80. The number of ether oxygens (including phenoxy) is 2. The molecule has 0 N–H and O–H groups in total. The van der Waals surface area contributed by atoms with E-state index < -0.39 is 9.05 Å². The first-order valence-corrected chi connectivity index (χ1v) is 7.67. The standard InChI is InChI=1S/C9H17ClO4S/c10-15(11,12)8-2-5-13-6-7-14-9-3-1-4-9/h9H,1-8H2. The first-order valence-electron chi connectivity index (χ1n) is 5.19. The van der Waals surface area contributed by atoms with Gasteiger partial charge in [0, 0.05) is 17.3 Å². The largest absolute Gasteiger partial charge is 0.379 e. The predicted octanol–water partition coefficient (Wildman–Crippen LogP) is 1.53. The molecule has 0 aromatic carbocycles. The van der Waals surface area contributed by atoms with Crippen molar-refractivity contribution in [1.82, 2.24) is 0 Å². The van der Waals surface area contributed by atoms with Gasteiger partial charge in [0.25, 0.3) is 0 Å². The molecule has 6 heteroatoms. The van der Waals surface area contributed by atoms with Crippen molar-refractivity contribution in [2.75, 3.05) is 25.6 Å². The molecule has 0 saturated heterocycles. The summed E-state index contributed by atoms with van der Waals surface area (Å²) in [6.07, 6.45) is 4.44. The van der Waals surface area contributed by atoms with E-state index in [0.29, 0.717) is 32.3 Å². The van der Waals surface area contributed by atoms with Gasteiger partial charge in [0.15, 0.2) is 0 Å². The normalized spacial score (nSPS) is 17.7. The van der Waals surface area contributed by atoms with Gasteiger partial charge >= 0.3 is 0 Å². The molecule has 0 heterocycles. The summed E-state index contributed by atoms with van der Waals surface area (Å²) in [5, 5.41) is 0. The molecule has 1 fully saturated rings. The molecule has 0 aromatic heterocycles. The van der Waals surface area contributed by atoms with Crippen LogP contribution in [0.3, 0.4) is 0 Å². The molecule has 1 aliphatic carbocycles. The van der Waals surface area contributed by atoms with Gasteiger partial charge in [0.2, 0.25) is 9.05 Å². The second kappa shape index (κ2) is 6.68. The van der Waals surface area contributed by atoms with Crippen molar-refractivity contribution in [2.24, 2.45) is 0 Å². The SMILES string of the molecule is O=S(=O)(Cl)CCCOCCOC1CCC1. The average Bonchev–Trinajstić information content (AvgIpc) is 2.04. The van der Waals surface area contributed by atoms with Crippen molar-refractivity contribution < 1.29 is 17.9 Å². The predicted molar refractivity (Wildman–Crippen MR) is 58.7 cm³/mol. The third kappa shape index (κ3) is 7.11. The lowest BCUT2D eigenvalue weighted by Crippen LogP contribution is -2.23. The first-order chi connectivity index (χ1) is 7.08. The number of hydrogen-bond donors (Lipinski definition) is 0. The number of halogens is 1. The van der Waals surface area contributed by atoms with Gasteiger partial charge in [-0.25, -0.2) is 8.42 Å². The molecule has 0 atom stereocenters. The Morgan fingerprint density at radius 3 is 2.47 bits per heavy atom. The molecule has 0 aromatic rings. The molecule has 4 nitrogen and oxygen atoms in total. The van der Waals surface area contributed by atoms with Gasteiger partial charge in [-0.2, -0.15) is 0 Å². The zero-order valence-corrected chi connectivity index (χ0v) is 10.2. The summed E-state index contributed by atoms with van der Waals surface area (Å²) in [5.41, 5.74) is 0. The van der Waals surface area contributed by atoms with Crippen molar-refractivity contribution in [3.63, 3.8) is 0 Å². The van der Waals surface area contributed by atoms with Crippen LogP contribution in [0.25, 0.3) is 0 Å². The van der Waals surface area contributed by atoms with E-state index in [4.69, 9.17) is 20.2 Å². The molecule has 90 valence electrons. The highest BCUT2D eigenvalue weighted by atomic mass is 35.7. The van der Waals surface area contributed by atoms with Gasteiger partial charge in [-0.05, 0) is 25.7 Å². The molecule has 0 radical (unpaired) electrons. The monoisotopic (exact) mass is 256 g/mol. The Labute approximate surface area is 95.3 Å². The van der Waals surface area contributed by atoms with Gasteiger partial charge in [0.1, 0.15) is 0 Å². The Bertz CT molecular complexity index is 261. The molecular formula is C9H17ClO4S. The van der Waals surface area contributed by atoms with Crippen LogP contribution in [0.2, 0.25) is 0 Å². The third-order valence-corrected chi connectivity index (χ3v) is 3.55. The summed E-state index contributed by atoms with van der Waals surface area (Å²) in [5.74, 6) is -0.0297. The van der Waals surface area contributed by atoms with Gasteiger partial charge in [0.05, 0.1) is 25.1 Å². The summed E-state index contributed by atoms with van der Waals surface area (Å²) >= 11 is 0. The van der Waals surface area contributed by atoms with E-state index in [9.17, 15) is 8.42 Å². The van der Waals surface area contributed by atoms with Gasteiger partial charge in [-0.15, -0.1) is 0 Å². The fraction of sp³-hybridized carbons (Fsp3) is 1.00. The number of hydrogen-bond acceptors (Lipinski definition) is 4. The Morgan fingerprint density at radius 1 is 1.20 bits per heavy atom. The Hall–Kier alpha value is 0.160. The Morgan fingerprint density at radius 2 is 1.93 bits per heavy atom. The minimum Gasteiger partial charge on any atom is -0.379 e. The maximum absolute atomic E-state index is 10.5. The van der Waals surface area contributed by atoms with Crippen molar-refractivity contribution in [2.45, 2.75) is 31.8 Å². The van der Waals surface area contributed by atoms with Gasteiger partial charge in [-0.3, -0.25) is 0 Å². The zero-order valence-electron chi connectivity index (χ0n) is 8.65. The van der Waals surface area contributed by atoms with E-state index in [2.05, 4.69) is 0 Å². The van der Waals surface area contributed by atoms with Gasteiger partial charge in [-0.1, -0.05) is 0 Å². The van der Waals surface area contributed by atoms with Crippen LogP contribution in [-0.4, -0.2) is 40.1 Å². The molecule has 15 heavy (non-hydrogen) atoms. The summed E-state index contributed by atoms with van der Waals surface area (Å²) in [7, 11) is 1.67. The highest BCUT2D eigenvalue weighted by Gasteiger charge is 2.17. The maximum atomic E-state index is 10.5. The van der Waals surface area contributed by atoms with Crippen LogP contribution >= 0.6 is 10.7 Å². The summed E-state index contributed by atoms with van der Waals surface area (Å²) in [6, 6.07) is 0. The van der Waals surface area contributed by atoms with Crippen molar-refractivity contribution >= 4 is 19.7 Å². The third-order valence-electron chi connectivity index (χ3n) is 2.31. The van der Waals surface area contributed by atoms with Crippen LogP contribution in [0.15, 0.2) is 0 Å². The van der Waals surface area contributed by atoms with Crippen molar-refractivity contribution in [3.05, 3.63) is 0 Å². The topological polar surface area (TPSA) is 52.6 Å². The Kier molecular flexibility index (Phi) is 5.89. The fourth-order valence-corrected chi connectivity index (χ4v) is 2.04. The lowest BCUT2D eigenvalue weighted by atomic mass is 9.96. The van der Waals surface area contributed by atoms with Crippen LogP contribution in [-0.2, 0) is 18.5 Å². The number of rotatable bonds is 8. The minimum atomic E-state index is -3.36. The van der Waals surface area contributed by atoms with E-state index in [1.54, 1.807) is 0 Å². The van der Waals surface area contributed by atoms with Crippen molar-refractivity contribution in [3.8, 4) is 0 Å². The van der Waals surface area contributed by atoms with E-state index >= 15 is 0 Å². The smallest absolute Gasteiger partial charge is 0.232 e. The molecule has 0 spiro atoms. The highest BCUT2D eigenvalue weighted by molar-refractivity contribution is 8.13. The van der Waals surface area contributed by atoms with Crippen LogP contribution in [0.4, 0.5) is 0 Å². The van der Waals surface area contributed by atoms with Crippen LogP contribution in [0.1, 0.15) is 25.7 Å². The summed E-state index contributed by atoms with van der Waals surface area (Å²) in [6.45, 7) is 1.54. The molecular weight excluding hydrogens is 240 g/mol. The fourth-order valence-electron chi connectivity index (χ4n) is 1.25. The second-order valence-corrected chi connectivity index (χ2v) is 6.53. The van der Waals surface area contributed by atoms with Crippen molar-refractivity contribution in [1.29, 1.82) is 0 Å². The lowest BCUT2D eigenvalue weighted by molar-refractivity contribution is -0.0284. The molecule has 0 bridgehead atoms. The van der Waals surface area contributed by atoms with Crippen LogP contribution < -0.4 is 0 Å². The molecule has 1 aliphatic rings. The molecule has 0 unspecified atom stereocenters. The molecule has 1 rings (SSSR count). The minimum absolute atomic E-state index is 0.0297. The van der Waals surface area contributed by atoms with Gasteiger partial charge < -0.3 is 9.47 Å². The van der Waals surface area contributed by atoms with E-state index in [-0.39, 0.29) is 5.75 Å². The van der Waals surface area contributed by atoms with E-state index in [0.717, 1.165) is 12.8 Å². The average molecular weight is 257 g/mol. The molecule has 0 aliphatic heterocycles. The molecule has 1 saturated carbocycles. The van der Waals surface area contributed by atoms with Crippen LogP contribution in [0, 0.1) is 0 Å². The first kappa shape index (κ1) is 13.2. The quantitative estimate of drug-likeness (QED) is 0.488. The molecule has 0 amide bonds. The highest BCUT2D eigenvalue weighted by Crippen LogP contribution is 2.21. The maximum Gasteiger partial charge on any atom is 0.232 e. The van der Waals surface area contributed by atoms with Crippen LogP contribution in [0.5, 0.6) is 0 Å². The van der Waals surface area contributed by atoms with E-state index in [1.807, 2.05) is 0 Å². The zero-order chi connectivity index (χ0) is 11.1. The van der Waals surface area contributed by atoms with E-state index in [1.165, 1.54) is 6.42 Å². The second-order valence-electron chi connectivity index (χ2n) is 3.63. The lowest BCUT2D eigenvalue weighted by Gasteiger charge is -2.25.